The Kier molecular flexibility index (Phi) is 20.0. The molecule has 4 N–H and O–H groups in total. The number of carbonyl (C=O) groups excluding carboxylic acids is 6. The van der Waals surface area contributed by atoms with Crippen LogP contribution >= 0.6 is 58.0 Å². The van der Waals surface area contributed by atoms with Crippen molar-refractivity contribution in [2.75, 3.05) is 40.4 Å². The van der Waals surface area contributed by atoms with Crippen LogP contribution in [0.2, 0.25) is 10.0 Å². The van der Waals surface area contributed by atoms with E-state index in [1.807, 2.05) is 13.8 Å². The van der Waals surface area contributed by atoms with Gasteiger partial charge in [-0.1, -0.05) is 23.2 Å². The molecule has 2 atom stereocenters. The van der Waals surface area contributed by atoms with Gasteiger partial charge in [0.05, 0.1) is 36.3 Å². The lowest BCUT2D eigenvalue weighted by molar-refractivity contribution is -0.127. The first-order chi connectivity index (χ1) is 33.0. The highest BCUT2D eigenvalue weighted by Crippen LogP contribution is 2.30. The molecule has 69 heavy (non-hydrogen) atoms. The van der Waals surface area contributed by atoms with Crippen LogP contribution < -0.4 is 30.7 Å². The Morgan fingerprint density at radius 1 is 0.536 bits per heavy atom. The predicted molar refractivity (Wildman–Crippen MR) is 269 cm³/mol. The third-order valence-corrected chi connectivity index (χ3v) is 10.9. The zero-order valence-corrected chi connectivity index (χ0v) is 41.3. The first kappa shape index (κ1) is 53.5. The summed E-state index contributed by atoms with van der Waals surface area (Å²) in [4.78, 5) is 78.8. The van der Waals surface area contributed by atoms with E-state index in [0.29, 0.717) is 52.8 Å². The number of azo groups is 2. The van der Waals surface area contributed by atoms with Gasteiger partial charge in [-0.05, 0) is 131 Å². The molecule has 360 valence electrons. The summed E-state index contributed by atoms with van der Waals surface area (Å²) in [5, 5.41) is 27.3. The summed E-state index contributed by atoms with van der Waals surface area (Å²) in [5.41, 5.74) is 3.64. The van der Waals surface area contributed by atoms with Crippen molar-refractivity contribution in [3.8, 4) is 11.5 Å². The van der Waals surface area contributed by atoms with Crippen LogP contribution in [0.3, 0.4) is 0 Å². The van der Waals surface area contributed by atoms with Gasteiger partial charge in [0, 0.05) is 60.9 Å². The number of hydrogen-bond acceptors (Lipinski definition) is 12. The molecule has 4 amide bonds. The topological polar surface area (TPSA) is 218 Å². The maximum atomic E-state index is 13.5. The molecule has 0 aliphatic heterocycles. The molecule has 0 saturated heterocycles. The molecule has 5 aromatic carbocycles. The number of alkyl halides is 3. The van der Waals surface area contributed by atoms with Gasteiger partial charge >= 0.3 is 0 Å². The van der Waals surface area contributed by atoms with Crippen molar-refractivity contribution >= 4 is 127 Å². The van der Waals surface area contributed by atoms with E-state index >= 15 is 0 Å². The van der Waals surface area contributed by atoms with Gasteiger partial charge in [0.15, 0.2) is 11.6 Å². The first-order valence-corrected chi connectivity index (χ1v) is 23.4. The van der Waals surface area contributed by atoms with Crippen LogP contribution in [-0.2, 0) is 37.4 Å². The van der Waals surface area contributed by atoms with Crippen molar-refractivity contribution < 1.29 is 38.2 Å². The van der Waals surface area contributed by atoms with E-state index < -0.39 is 47.3 Å². The van der Waals surface area contributed by atoms with Crippen LogP contribution in [0.5, 0.6) is 11.5 Å². The summed E-state index contributed by atoms with van der Waals surface area (Å²) in [6, 6.07) is 19.7. The number of Topliss-reactive ketones (excluding diaryl/α,β-unsaturated/α-hetero) is 2. The SMILES string of the molecule is CCOc1ccc(NC(=O)c2cc(Cl)cc(N=NC(C(C)=O)C(=O)Nc3ccc(NC(=O)C(N=Nc4cc(Cl)cc(C(=O)Nc5ccc(OCC)c(CCl)c5)c4)C(C)=O)c(CCCl)c3)c2)cc1CCl. The van der Waals surface area contributed by atoms with E-state index in [-0.39, 0.29) is 68.0 Å². The van der Waals surface area contributed by atoms with Gasteiger partial charge in [0.25, 0.3) is 23.6 Å². The van der Waals surface area contributed by atoms with Gasteiger partial charge in [-0.3, -0.25) is 28.8 Å². The molecular formula is C48H45Cl5N8O8. The number of carbonyl (C=O) groups is 6. The normalized spacial score (nSPS) is 12.0. The monoisotopic (exact) mass is 1040 g/mol. The highest BCUT2D eigenvalue weighted by molar-refractivity contribution is 6.32. The molecular weight excluding hydrogens is 994 g/mol. The smallest absolute Gasteiger partial charge is 0.258 e. The number of ether oxygens (including phenoxy) is 2. The van der Waals surface area contributed by atoms with Crippen LogP contribution in [0.4, 0.5) is 34.1 Å². The van der Waals surface area contributed by atoms with Crippen LogP contribution in [-0.4, -0.2) is 66.4 Å². The van der Waals surface area contributed by atoms with Crippen molar-refractivity contribution in [3.63, 3.8) is 0 Å². The van der Waals surface area contributed by atoms with Crippen molar-refractivity contribution in [1.29, 1.82) is 0 Å². The van der Waals surface area contributed by atoms with Gasteiger partial charge < -0.3 is 30.7 Å². The maximum absolute atomic E-state index is 13.5. The highest BCUT2D eigenvalue weighted by atomic mass is 35.5. The Bertz CT molecular complexity index is 2810. The largest absolute Gasteiger partial charge is 0.494 e. The van der Waals surface area contributed by atoms with E-state index in [2.05, 4.69) is 41.7 Å². The molecule has 0 aliphatic rings. The maximum Gasteiger partial charge on any atom is 0.258 e. The molecule has 2 unspecified atom stereocenters. The number of halogens is 5. The number of nitrogens with zero attached hydrogens (tertiary/aromatic N) is 4. The molecule has 0 fully saturated rings. The van der Waals surface area contributed by atoms with Gasteiger partial charge in [-0.25, -0.2) is 0 Å². The summed E-state index contributed by atoms with van der Waals surface area (Å²) >= 11 is 30.9. The Morgan fingerprint density at radius 2 is 0.957 bits per heavy atom. The third-order valence-electron chi connectivity index (χ3n) is 9.65. The van der Waals surface area contributed by atoms with Gasteiger partial charge in [-0.2, -0.15) is 20.5 Å². The Morgan fingerprint density at radius 3 is 1.38 bits per heavy atom. The molecule has 21 heteroatoms. The lowest BCUT2D eigenvalue weighted by atomic mass is 10.1. The molecule has 0 aliphatic carbocycles. The molecule has 0 heterocycles. The van der Waals surface area contributed by atoms with Gasteiger partial charge in [0.2, 0.25) is 12.1 Å². The minimum Gasteiger partial charge on any atom is -0.494 e. The summed E-state index contributed by atoms with van der Waals surface area (Å²) in [6.45, 7) is 6.91. The van der Waals surface area contributed by atoms with E-state index in [1.54, 1.807) is 36.4 Å². The van der Waals surface area contributed by atoms with E-state index in [0.717, 1.165) is 13.8 Å². The molecule has 5 aromatic rings. The number of benzene rings is 5. The molecule has 0 saturated carbocycles. The number of nitrogens with one attached hydrogen (secondary N) is 4. The fourth-order valence-electron chi connectivity index (χ4n) is 6.45. The van der Waals surface area contributed by atoms with Crippen LogP contribution in [0, 0.1) is 0 Å². The zero-order valence-electron chi connectivity index (χ0n) is 37.5. The summed E-state index contributed by atoms with van der Waals surface area (Å²) in [5.74, 6) is -2.38. The zero-order chi connectivity index (χ0) is 50.2. The van der Waals surface area contributed by atoms with E-state index in [4.69, 9.17) is 67.5 Å². The predicted octanol–water partition coefficient (Wildman–Crippen LogP) is 11.9. The van der Waals surface area contributed by atoms with Gasteiger partial charge in [0.1, 0.15) is 11.5 Å². The Labute approximate surface area is 422 Å². The second-order valence-corrected chi connectivity index (χ2v) is 16.6. The molecule has 16 nitrogen and oxygen atoms in total. The minimum atomic E-state index is -1.61. The average Bonchev–Trinajstić information content (AvgIpc) is 3.30. The molecule has 0 spiro atoms. The van der Waals surface area contributed by atoms with E-state index in [1.165, 1.54) is 54.6 Å². The second kappa shape index (κ2) is 25.8. The molecule has 0 radical (unpaired) electrons. The fraction of sp³-hybridized carbons (Fsp3) is 0.250. The number of ketones is 2. The lowest BCUT2D eigenvalue weighted by Crippen LogP contribution is -2.32. The molecule has 0 aromatic heterocycles. The second-order valence-electron chi connectivity index (χ2n) is 14.8. The highest BCUT2D eigenvalue weighted by Gasteiger charge is 2.26. The quantitative estimate of drug-likeness (QED) is 0.0296. The Balaban J connectivity index is 1.26. The van der Waals surface area contributed by atoms with Crippen molar-refractivity contribution in [3.05, 3.63) is 129 Å². The lowest BCUT2D eigenvalue weighted by Gasteiger charge is -2.15. The first-order valence-electron chi connectivity index (χ1n) is 21.1. The summed E-state index contributed by atoms with van der Waals surface area (Å²) < 4.78 is 11.1. The van der Waals surface area contributed by atoms with E-state index in [9.17, 15) is 28.8 Å². The minimum absolute atomic E-state index is 0.0914. The van der Waals surface area contributed by atoms with Crippen LogP contribution in [0.1, 0.15) is 65.1 Å². The molecule has 5 rings (SSSR count). The standard InChI is InChI=1S/C48H45Cl5N8O8/c1-5-68-41-11-8-36(20-31(41)24-50)54-45(64)29-15-33(52)22-38(18-29)58-60-43(26(3)62)47(66)56-35-7-10-40(28(17-35)13-14-49)57-48(67)44(27(4)63)61-59-39-19-30(16-34(53)23-39)46(65)55-37-9-12-42(69-6-2)32(21-37)25-51/h7-12,15-23,43-44H,5-6,13-14,24-25H2,1-4H3,(H,54,64)(H,55,65)(H,56,66)(H,57,67). The number of amides is 4. The van der Waals surface area contributed by atoms with Crippen molar-refractivity contribution in [1.82, 2.24) is 0 Å². The summed E-state index contributed by atoms with van der Waals surface area (Å²) in [7, 11) is 0. The van der Waals surface area contributed by atoms with Crippen LogP contribution in [0.15, 0.2) is 111 Å². The number of hydrogen-bond donors (Lipinski definition) is 4. The molecule has 0 bridgehead atoms. The van der Waals surface area contributed by atoms with Crippen LogP contribution in [0.25, 0.3) is 0 Å². The number of rotatable bonds is 22. The van der Waals surface area contributed by atoms with Crippen molar-refractivity contribution in [2.45, 2.75) is 58.0 Å². The van der Waals surface area contributed by atoms with Gasteiger partial charge in [-0.15, -0.1) is 34.8 Å². The Hall–Kier alpha value is -6.43. The third kappa shape index (κ3) is 15.3. The number of aryl methyl sites for hydroxylation is 1. The van der Waals surface area contributed by atoms with Crippen molar-refractivity contribution in [2.24, 2.45) is 20.5 Å². The fourth-order valence-corrected chi connectivity index (χ4v) is 7.53. The average molecular weight is 1040 g/mol. The number of anilines is 4. The summed E-state index contributed by atoms with van der Waals surface area (Å²) in [6.07, 6.45) is 0.206.